The van der Waals surface area contributed by atoms with Crippen LogP contribution in [0.5, 0.6) is 0 Å². The Labute approximate surface area is 108 Å². The third-order valence-corrected chi connectivity index (χ3v) is 5.44. The Kier molecular flexibility index (Phi) is 3.87. The van der Waals surface area contributed by atoms with Gasteiger partial charge in [0.25, 0.3) is 0 Å². The van der Waals surface area contributed by atoms with Gasteiger partial charge in [-0.2, -0.15) is 0 Å². The lowest BCUT2D eigenvalue weighted by atomic mass is 9.74. The van der Waals surface area contributed by atoms with Crippen molar-refractivity contribution in [1.82, 2.24) is 0 Å². The van der Waals surface area contributed by atoms with E-state index in [1.165, 1.54) is 30.7 Å². The zero-order chi connectivity index (χ0) is 12.3. The van der Waals surface area contributed by atoms with Crippen molar-refractivity contribution in [2.75, 3.05) is 18.0 Å². The van der Waals surface area contributed by atoms with Crippen molar-refractivity contribution in [2.45, 2.75) is 39.5 Å². The number of carbonyl (C=O) groups is 1. The van der Waals surface area contributed by atoms with Crippen molar-refractivity contribution in [3.8, 4) is 0 Å². The second-order valence-corrected chi connectivity index (χ2v) is 6.08. The Balaban J connectivity index is 2.01. The van der Waals surface area contributed by atoms with Gasteiger partial charge in [0.15, 0.2) is 6.29 Å². The van der Waals surface area contributed by atoms with Gasteiger partial charge in [0.05, 0.1) is 9.88 Å². The molecule has 0 N–H and O–H groups in total. The van der Waals surface area contributed by atoms with E-state index >= 15 is 0 Å². The number of aldehydes is 1. The van der Waals surface area contributed by atoms with E-state index in [1.54, 1.807) is 11.3 Å². The Bertz CT molecular complexity index is 371. The van der Waals surface area contributed by atoms with E-state index in [0.29, 0.717) is 5.41 Å². The van der Waals surface area contributed by atoms with Crippen molar-refractivity contribution in [3.63, 3.8) is 0 Å². The van der Waals surface area contributed by atoms with Crippen LogP contribution in [0.25, 0.3) is 0 Å². The average Bonchev–Trinajstić information content (AvgIpc) is 2.87. The first kappa shape index (κ1) is 12.6. The van der Waals surface area contributed by atoms with E-state index < -0.39 is 0 Å². The predicted molar refractivity (Wildman–Crippen MR) is 74.2 cm³/mol. The molecule has 0 unspecified atom stereocenters. The molecule has 94 valence electrons. The lowest BCUT2D eigenvalue weighted by molar-refractivity contribution is 0.112. The zero-order valence-electron chi connectivity index (χ0n) is 10.7. The highest BCUT2D eigenvalue weighted by atomic mass is 32.1. The number of rotatable bonds is 4. The van der Waals surface area contributed by atoms with Gasteiger partial charge >= 0.3 is 0 Å². The van der Waals surface area contributed by atoms with Gasteiger partial charge in [-0.3, -0.25) is 4.79 Å². The van der Waals surface area contributed by atoms with E-state index in [2.05, 4.69) is 24.8 Å². The van der Waals surface area contributed by atoms with Crippen LogP contribution in [0, 0.1) is 5.41 Å². The fourth-order valence-corrected chi connectivity index (χ4v) is 3.61. The molecule has 17 heavy (non-hydrogen) atoms. The average molecular weight is 251 g/mol. The second-order valence-electron chi connectivity index (χ2n) is 4.99. The largest absolute Gasteiger partial charge is 0.363 e. The van der Waals surface area contributed by atoms with Gasteiger partial charge in [0.1, 0.15) is 0 Å². The molecule has 0 radical (unpaired) electrons. The number of carbonyl (C=O) groups excluding carboxylic acids is 1. The zero-order valence-corrected chi connectivity index (χ0v) is 11.6. The van der Waals surface area contributed by atoms with Crippen LogP contribution >= 0.6 is 11.3 Å². The summed E-state index contributed by atoms with van der Waals surface area (Å²) >= 11 is 1.61. The quantitative estimate of drug-likeness (QED) is 0.755. The molecule has 2 heterocycles. The second kappa shape index (κ2) is 5.21. The number of thiophene rings is 1. The Hall–Kier alpha value is -0.830. The van der Waals surface area contributed by atoms with E-state index in [-0.39, 0.29) is 0 Å². The molecule has 1 aliphatic rings. The van der Waals surface area contributed by atoms with E-state index in [4.69, 9.17) is 0 Å². The van der Waals surface area contributed by atoms with E-state index in [0.717, 1.165) is 24.3 Å². The Morgan fingerprint density at radius 1 is 1.29 bits per heavy atom. The van der Waals surface area contributed by atoms with Crippen molar-refractivity contribution in [3.05, 3.63) is 17.0 Å². The van der Waals surface area contributed by atoms with Gasteiger partial charge in [0.2, 0.25) is 0 Å². The first-order chi connectivity index (χ1) is 8.23. The topological polar surface area (TPSA) is 20.3 Å². The summed E-state index contributed by atoms with van der Waals surface area (Å²) < 4.78 is 0. The number of hydrogen-bond donors (Lipinski definition) is 0. The van der Waals surface area contributed by atoms with Crippen LogP contribution in [0.15, 0.2) is 12.1 Å². The lowest BCUT2D eigenvalue weighted by Crippen LogP contribution is -2.39. The maximum absolute atomic E-state index is 10.7. The fraction of sp³-hybridized carbons (Fsp3) is 0.643. The molecule has 0 aromatic carbocycles. The summed E-state index contributed by atoms with van der Waals surface area (Å²) in [7, 11) is 0. The molecule has 2 rings (SSSR count). The summed E-state index contributed by atoms with van der Waals surface area (Å²) in [5, 5.41) is 1.26. The maximum Gasteiger partial charge on any atom is 0.160 e. The molecule has 0 amide bonds. The molecule has 1 aromatic heterocycles. The van der Waals surface area contributed by atoms with Gasteiger partial charge in [-0.15, -0.1) is 11.3 Å². The van der Waals surface area contributed by atoms with Crippen molar-refractivity contribution < 1.29 is 4.79 Å². The molecule has 1 aromatic rings. The summed E-state index contributed by atoms with van der Waals surface area (Å²) in [4.78, 5) is 14.0. The van der Waals surface area contributed by atoms with Crippen LogP contribution < -0.4 is 4.90 Å². The Morgan fingerprint density at radius 2 is 1.94 bits per heavy atom. The van der Waals surface area contributed by atoms with Crippen molar-refractivity contribution in [2.24, 2.45) is 5.41 Å². The predicted octanol–water partition coefficient (Wildman–Crippen LogP) is 3.97. The standard InChI is InChI=1S/C14H21NOS/c1-3-14(4-2)7-9-15(10-8-14)13-6-5-12(11-16)17-13/h5-6,11H,3-4,7-10H2,1-2H3. The minimum absolute atomic E-state index is 0.571. The fourth-order valence-electron chi connectivity index (χ4n) is 2.73. The van der Waals surface area contributed by atoms with Crippen LogP contribution in [0.3, 0.4) is 0 Å². The van der Waals surface area contributed by atoms with Crippen molar-refractivity contribution >= 4 is 22.6 Å². The number of piperidine rings is 1. The summed E-state index contributed by atoms with van der Waals surface area (Å²) in [5.74, 6) is 0. The third-order valence-electron chi connectivity index (χ3n) is 4.36. The minimum Gasteiger partial charge on any atom is -0.363 e. The molecule has 0 saturated carbocycles. The van der Waals surface area contributed by atoms with Crippen molar-refractivity contribution in [1.29, 1.82) is 0 Å². The Morgan fingerprint density at radius 3 is 2.41 bits per heavy atom. The molecule has 0 spiro atoms. The number of nitrogens with zero attached hydrogens (tertiary/aromatic N) is 1. The van der Waals surface area contributed by atoms with Crippen LogP contribution in [0.2, 0.25) is 0 Å². The smallest absolute Gasteiger partial charge is 0.160 e. The normalized spacial score (nSPS) is 19.3. The molecular formula is C14H21NOS. The first-order valence-corrected chi connectivity index (χ1v) is 7.34. The number of anilines is 1. The van der Waals surface area contributed by atoms with Crippen LogP contribution in [-0.2, 0) is 0 Å². The van der Waals surface area contributed by atoms with Crippen LogP contribution in [0.4, 0.5) is 5.00 Å². The van der Waals surface area contributed by atoms with Gasteiger partial charge in [-0.05, 0) is 30.4 Å². The molecule has 1 fully saturated rings. The third kappa shape index (κ3) is 2.54. The first-order valence-electron chi connectivity index (χ1n) is 6.53. The molecule has 1 saturated heterocycles. The van der Waals surface area contributed by atoms with E-state index in [9.17, 15) is 4.79 Å². The molecule has 2 nitrogen and oxygen atoms in total. The minimum atomic E-state index is 0.571. The lowest BCUT2D eigenvalue weighted by Gasteiger charge is -2.41. The summed E-state index contributed by atoms with van der Waals surface area (Å²) in [6.45, 7) is 6.91. The molecule has 3 heteroatoms. The van der Waals surface area contributed by atoms with Gasteiger partial charge in [0, 0.05) is 13.1 Å². The molecular weight excluding hydrogens is 230 g/mol. The SMILES string of the molecule is CCC1(CC)CCN(c2ccc(C=O)s2)CC1. The van der Waals surface area contributed by atoms with Gasteiger partial charge in [-0.1, -0.05) is 26.7 Å². The van der Waals surface area contributed by atoms with E-state index in [1.807, 2.05) is 6.07 Å². The monoisotopic (exact) mass is 251 g/mol. The molecule has 0 aliphatic carbocycles. The molecule has 0 bridgehead atoms. The number of hydrogen-bond acceptors (Lipinski definition) is 3. The molecule has 1 aliphatic heterocycles. The van der Waals surface area contributed by atoms with Crippen LogP contribution in [0.1, 0.15) is 49.2 Å². The van der Waals surface area contributed by atoms with Gasteiger partial charge in [-0.25, -0.2) is 0 Å². The highest BCUT2D eigenvalue weighted by molar-refractivity contribution is 7.17. The van der Waals surface area contributed by atoms with Crippen LogP contribution in [-0.4, -0.2) is 19.4 Å². The molecule has 0 atom stereocenters. The summed E-state index contributed by atoms with van der Waals surface area (Å²) in [5.41, 5.74) is 0.571. The van der Waals surface area contributed by atoms with Gasteiger partial charge < -0.3 is 4.90 Å². The summed E-state index contributed by atoms with van der Waals surface area (Å²) in [6.07, 6.45) is 6.10. The summed E-state index contributed by atoms with van der Waals surface area (Å²) in [6, 6.07) is 4.01. The maximum atomic E-state index is 10.7. The highest BCUT2D eigenvalue weighted by Gasteiger charge is 2.31. The highest BCUT2D eigenvalue weighted by Crippen LogP contribution is 2.40.